The number of likely N-dealkylation sites (tertiary alicyclic amines) is 1. The number of piperidine rings is 1. The summed E-state index contributed by atoms with van der Waals surface area (Å²) in [5.74, 6) is 3.08. The highest BCUT2D eigenvalue weighted by molar-refractivity contribution is 5.79. The van der Waals surface area contributed by atoms with Crippen molar-refractivity contribution < 1.29 is 9.26 Å². The number of aromatic nitrogens is 2. The number of nitrogens with one attached hydrogen (secondary N) is 1. The fraction of sp³-hybridized carbons (Fsp3) is 0.550. The number of hydrogen-bond donors (Lipinski definition) is 1. The zero-order chi connectivity index (χ0) is 19.3. The minimum atomic E-state index is -0.145. The molecule has 1 fully saturated rings. The third-order valence-corrected chi connectivity index (χ3v) is 4.51. The van der Waals surface area contributed by atoms with Gasteiger partial charge in [0.05, 0.1) is 6.54 Å². The molecule has 1 saturated heterocycles. The zero-order valence-corrected chi connectivity index (χ0v) is 16.6. The van der Waals surface area contributed by atoms with Crippen LogP contribution in [0.4, 0.5) is 0 Å². The second-order valence-corrected chi connectivity index (χ2v) is 7.78. The molecule has 1 aliphatic heterocycles. The lowest BCUT2D eigenvalue weighted by atomic mass is 9.97. The van der Waals surface area contributed by atoms with Crippen LogP contribution in [0.3, 0.4) is 0 Å². The quantitative estimate of drug-likeness (QED) is 0.658. The third-order valence-electron chi connectivity index (χ3n) is 4.51. The summed E-state index contributed by atoms with van der Waals surface area (Å²) in [7, 11) is 1.80. The van der Waals surface area contributed by atoms with E-state index in [9.17, 15) is 0 Å². The Morgan fingerprint density at radius 1 is 1.26 bits per heavy atom. The Hall–Kier alpha value is -2.57. The molecular weight excluding hydrogens is 342 g/mol. The molecule has 0 saturated carbocycles. The summed E-state index contributed by atoms with van der Waals surface area (Å²) < 4.78 is 11.4. The molecule has 1 aliphatic rings. The van der Waals surface area contributed by atoms with Gasteiger partial charge in [0.1, 0.15) is 11.9 Å². The van der Waals surface area contributed by atoms with Crippen molar-refractivity contribution in [3.05, 3.63) is 42.0 Å². The van der Waals surface area contributed by atoms with Gasteiger partial charge >= 0.3 is 0 Å². The monoisotopic (exact) mass is 371 g/mol. The van der Waals surface area contributed by atoms with Crippen molar-refractivity contribution in [2.45, 2.75) is 51.7 Å². The zero-order valence-electron chi connectivity index (χ0n) is 16.6. The molecule has 3 rings (SSSR count). The van der Waals surface area contributed by atoms with E-state index in [0.29, 0.717) is 18.3 Å². The lowest BCUT2D eigenvalue weighted by Gasteiger charge is -2.34. The van der Waals surface area contributed by atoms with E-state index in [1.165, 1.54) is 0 Å². The molecule has 0 amide bonds. The number of hydrogen-bond acceptors (Lipinski definition) is 5. The van der Waals surface area contributed by atoms with Gasteiger partial charge in [0.25, 0.3) is 0 Å². The molecule has 7 nitrogen and oxygen atoms in total. The molecule has 0 spiro atoms. The van der Waals surface area contributed by atoms with Gasteiger partial charge < -0.3 is 19.5 Å². The number of guanidine groups is 1. The SMILES string of the molecule is CN=C(NCc1noc(C(C)(C)C)n1)N1CCC(Oc2ccccc2)CC1. The topological polar surface area (TPSA) is 75.8 Å². The van der Waals surface area contributed by atoms with E-state index < -0.39 is 0 Å². The first kappa shape index (κ1) is 19.2. The summed E-state index contributed by atoms with van der Waals surface area (Å²) >= 11 is 0. The molecule has 7 heteroatoms. The molecule has 0 bridgehead atoms. The molecule has 146 valence electrons. The molecule has 1 N–H and O–H groups in total. The van der Waals surface area contributed by atoms with E-state index in [1.807, 2.05) is 30.3 Å². The fourth-order valence-corrected chi connectivity index (χ4v) is 3.00. The Balaban J connectivity index is 1.48. The van der Waals surface area contributed by atoms with Gasteiger partial charge in [-0.25, -0.2) is 0 Å². The third kappa shape index (κ3) is 5.21. The molecule has 0 unspecified atom stereocenters. The van der Waals surface area contributed by atoms with Crippen molar-refractivity contribution >= 4 is 5.96 Å². The maximum Gasteiger partial charge on any atom is 0.232 e. The molecule has 2 aromatic rings. The Morgan fingerprint density at radius 2 is 1.96 bits per heavy atom. The Bertz CT molecular complexity index is 743. The fourth-order valence-electron chi connectivity index (χ4n) is 3.00. The number of benzene rings is 1. The molecule has 0 radical (unpaired) electrons. The summed E-state index contributed by atoms with van der Waals surface area (Å²) in [6.07, 6.45) is 2.17. The normalized spacial score (nSPS) is 16.4. The second-order valence-electron chi connectivity index (χ2n) is 7.78. The standard InChI is InChI=1S/C20H29N5O2/c1-20(2,3)18-23-17(24-27-18)14-22-19(21-4)25-12-10-16(11-13-25)26-15-8-6-5-7-9-15/h5-9,16H,10-14H2,1-4H3,(H,21,22). The average molecular weight is 371 g/mol. The highest BCUT2D eigenvalue weighted by Crippen LogP contribution is 2.20. The molecular formula is C20H29N5O2. The number of aliphatic imine (C=N–C) groups is 1. The van der Waals surface area contributed by atoms with Crippen molar-refractivity contribution in [3.8, 4) is 5.75 Å². The number of para-hydroxylation sites is 1. The Morgan fingerprint density at radius 3 is 2.56 bits per heavy atom. The highest BCUT2D eigenvalue weighted by atomic mass is 16.5. The van der Waals surface area contributed by atoms with Crippen molar-refractivity contribution in [2.24, 2.45) is 4.99 Å². The van der Waals surface area contributed by atoms with Gasteiger partial charge in [-0.2, -0.15) is 4.98 Å². The first-order chi connectivity index (χ1) is 13.0. The van der Waals surface area contributed by atoms with Crippen LogP contribution in [0, 0.1) is 0 Å². The summed E-state index contributed by atoms with van der Waals surface area (Å²) in [5.41, 5.74) is -0.145. The predicted molar refractivity (Wildman–Crippen MR) is 105 cm³/mol. The number of nitrogens with zero attached hydrogens (tertiary/aromatic N) is 4. The van der Waals surface area contributed by atoms with E-state index in [2.05, 4.69) is 46.1 Å². The van der Waals surface area contributed by atoms with E-state index in [0.717, 1.165) is 37.6 Å². The predicted octanol–water partition coefficient (Wildman–Crippen LogP) is 2.99. The van der Waals surface area contributed by atoms with Crippen LogP contribution in [-0.2, 0) is 12.0 Å². The van der Waals surface area contributed by atoms with E-state index >= 15 is 0 Å². The van der Waals surface area contributed by atoms with Gasteiger partial charge in [-0.1, -0.05) is 44.1 Å². The number of ether oxygens (including phenoxy) is 1. The maximum absolute atomic E-state index is 6.06. The van der Waals surface area contributed by atoms with Crippen LogP contribution >= 0.6 is 0 Å². The van der Waals surface area contributed by atoms with Crippen LogP contribution in [0.25, 0.3) is 0 Å². The molecule has 1 aromatic carbocycles. The molecule has 0 atom stereocenters. The lowest BCUT2D eigenvalue weighted by molar-refractivity contribution is 0.129. The van der Waals surface area contributed by atoms with E-state index in [4.69, 9.17) is 9.26 Å². The smallest absolute Gasteiger partial charge is 0.232 e. The molecule has 1 aromatic heterocycles. The molecule has 2 heterocycles. The Kier molecular flexibility index (Phi) is 5.98. The lowest BCUT2D eigenvalue weighted by Crippen LogP contribution is -2.47. The van der Waals surface area contributed by atoms with Gasteiger partial charge in [-0.15, -0.1) is 0 Å². The first-order valence-electron chi connectivity index (χ1n) is 9.46. The summed E-state index contributed by atoms with van der Waals surface area (Å²) in [6.45, 7) is 8.45. The van der Waals surface area contributed by atoms with Crippen LogP contribution in [0.5, 0.6) is 5.75 Å². The minimum absolute atomic E-state index is 0.145. The van der Waals surface area contributed by atoms with Gasteiger partial charge in [-0.05, 0) is 12.1 Å². The molecule has 0 aliphatic carbocycles. The van der Waals surface area contributed by atoms with Gasteiger partial charge in [0.2, 0.25) is 5.89 Å². The van der Waals surface area contributed by atoms with Crippen LogP contribution in [0.1, 0.15) is 45.3 Å². The van der Waals surface area contributed by atoms with Crippen molar-refractivity contribution in [2.75, 3.05) is 20.1 Å². The maximum atomic E-state index is 6.06. The van der Waals surface area contributed by atoms with Crippen LogP contribution < -0.4 is 10.1 Å². The van der Waals surface area contributed by atoms with Crippen LogP contribution in [0.15, 0.2) is 39.8 Å². The van der Waals surface area contributed by atoms with Gasteiger partial charge in [0.15, 0.2) is 11.8 Å². The average Bonchev–Trinajstić information content (AvgIpc) is 3.14. The second kappa shape index (κ2) is 8.41. The molecule has 27 heavy (non-hydrogen) atoms. The van der Waals surface area contributed by atoms with E-state index in [-0.39, 0.29) is 11.5 Å². The first-order valence-corrected chi connectivity index (χ1v) is 9.46. The van der Waals surface area contributed by atoms with Gasteiger partial charge in [0, 0.05) is 38.4 Å². The summed E-state index contributed by atoms with van der Waals surface area (Å²) in [6, 6.07) is 10.0. The van der Waals surface area contributed by atoms with Crippen molar-refractivity contribution in [1.29, 1.82) is 0 Å². The van der Waals surface area contributed by atoms with Crippen LogP contribution in [0.2, 0.25) is 0 Å². The van der Waals surface area contributed by atoms with Gasteiger partial charge in [-0.3, -0.25) is 4.99 Å². The van der Waals surface area contributed by atoms with E-state index in [1.54, 1.807) is 7.05 Å². The van der Waals surface area contributed by atoms with Crippen LogP contribution in [-0.4, -0.2) is 47.2 Å². The largest absolute Gasteiger partial charge is 0.490 e. The number of rotatable bonds is 4. The minimum Gasteiger partial charge on any atom is -0.490 e. The van der Waals surface area contributed by atoms with Crippen molar-refractivity contribution in [3.63, 3.8) is 0 Å². The summed E-state index contributed by atoms with van der Waals surface area (Å²) in [5, 5.41) is 7.39. The Labute approximate surface area is 160 Å². The summed E-state index contributed by atoms with van der Waals surface area (Å²) in [4.78, 5) is 11.1. The van der Waals surface area contributed by atoms with Crippen molar-refractivity contribution in [1.82, 2.24) is 20.4 Å². The highest BCUT2D eigenvalue weighted by Gasteiger charge is 2.24.